The summed E-state index contributed by atoms with van der Waals surface area (Å²) in [5.41, 5.74) is 4.42. The van der Waals surface area contributed by atoms with E-state index in [1.54, 1.807) is 38.5 Å². The van der Waals surface area contributed by atoms with Crippen molar-refractivity contribution in [1.82, 2.24) is 0 Å². The Morgan fingerprint density at radius 3 is 1.42 bits per heavy atom. The number of methoxy groups -OCH3 is 2. The molecule has 0 saturated heterocycles. The van der Waals surface area contributed by atoms with Gasteiger partial charge in [0.25, 0.3) is 0 Å². The Balaban J connectivity index is 2.19. The number of hydrogen-bond donors (Lipinski definition) is 2. The van der Waals surface area contributed by atoms with Crippen molar-refractivity contribution >= 4 is 0 Å². The smallest absolute Gasteiger partial charge is 0.122 e. The molecule has 2 rings (SSSR count). The van der Waals surface area contributed by atoms with Crippen molar-refractivity contribution in [2.24, 2.45) is 0 Å². The molecule has 0 aromatic heterocycles. The van der Waals surface area contributed by atoms with Crippen molar-refractivity contribution in [2.75, 3.05) is 14.2 Å². The van der Waals surface area contributed by atoms with Gasteiger partial charge >= 0.3 is 0 Å². The van der Waals surface area contributed by atoms with Gasteiger partial charge in [-0.3, -0.25) is 0 Å². The molecule has 2 aromatic rings. The first-order chi connectivity index (χ1) is 11.4. The highest BCUT2D eigenvalue weighted by molar-refractivity contribution is 5.41. The summed E-state index contributed by atoms with van der Waals surface area (Å²) in [6.45, 7) is 4.15. The minimum atomic E-state index is 0.201. The second-order valence-corrected chi connectivity index (χ2v) is 5.99. The molecule has 0 aliphatic rings. The number of phenolic OH excluding ortho intramolecular Hbond substituents is 2. The maximum Gasteiger partial charge on any atom is 0.122 e. The van der Waals surface area contributed by atoms with Gasteiger partial charge in [-0.25, -0.2) is 0 Å². The Labute approximate surface area is 143 Å². The Hall–Kier alpha value is -2.62. The van der Waals surface area contributed by atoms with Crippen LogP contribution in [0.15, 0.2) is 47.5 Å². The summed E-state index contributed by atoms with van der Waals surface area (Å²) >= 11 is 0. The molecule has 4 nitrogen and oxygen atoms in total. The van der Waals surface area contributed by atoms with Crippen molar-refractivity contribution in [3.8, 4) is 23.0 Å². The van der Waals surface area contributed by atoms with Crippen LogP contribution in [0.1, 0.15) is 25.0 Å². The standard InChI is InChI=1S/C20H24O4/c1-13(5-15-7-17(21)11-19(9-15)23-3)14(2)6-16-8-18(22)12-20(10-16)24-4/h7-12,21-22H,5-6H2,1-4H3/b14-13+. The minimum Gasteiger partial charge on any atom is -0.508 e. The molecule has 0 saturated carbocycles. The van der Waals surface area contributed by atoms with Crippen molar-refractivity contribution in [3.63, 3.8) is 0 Å². The average molecular weight is 328 g/mol. The van der Waals surface area contributed by atoms with Crippen LogP contribution in [0.3, 0.4) is 0 Å². The molecule has 0 atom stereocenters. The molecule has 0 unspecified atom stereocenters. The molecule has 4 heteroatoms. The Kier molecular flexibility index (Phi) is 5.74. The van der Waals surface area contributed by atoms with Crippen LogP contribution in [0.5, 0.6) is 23.0 Å². The molecule has 2 N–H and O–H groups in total. The van der Waals surface area contributed by atoms with E-state index in [0.717, 1.165) is 24.0 Å². The highest BCUT2D eigenvalue weighted by atomic mass is 16.5. The number of benzene rings is 2. The van der Waals surface area contributed by atoms with E-state index in [9.17, 15) is 10.2 Å². The second-order valence-electron chi connectivity index (χ2n) is 5.99. The zero-order valence-electron chi connectivity index (χ0n) is 14.6. The maximum atomic E-state index is 9.76. The first-order valence-corrected chi connectivity index (χ1v) is 7.80. The molecular weight excluding hydrogens is 304 g/mol. The largest absolute Gasteiger partial charge is 0.508 e. The van der Waals surface area contributed by atoms with Crippen molar-refractivity contribution in [3.05, 3.63) is 58.7 Å². The molecule has 0 bridgehead atoms. The highest BCUT2D eigenvalue weighted by Crippen LogP contribution is 2.26. The van der Waals surface area contributed by atoms with Gasteiger partial charge < -0.3 is 19.7 Å². The monoisotopic (exact) mass is 328 g/mol. The van der Waals surface area contributed by atoms with E-state index in [-0.39, 0.29) is 11.5 Å². The number of phenols is 2. The van der Waals surface area contributed by atoms with Crippen molar-refractivity contribution in [2.45, 2.75) is 26.7 Å². The molecule has 24 heavy (non-hydrogen) atoms. The summed E-state index contributed by atoms with van der Waals surface area (Å²) < 4.78 is 10.4. The fraction of sp³-hybridized carbons (Fsp3) is 0.300. The zero-order valence-corrected chi connectivity index (χ0v) is 14.6. The van der Waals surface area contributed by atoms with Crippen LogP contribution < -0.4 is 9.47 Å². The van der Waals surface area contributed by atoms with Gasteiger partial charge in [-0.15, -0.1) is 0 Å². The van der Waals surface area contributed by atoms with Crippen molar-refractivity contribution in [1.29, 1.82) is 0 Å². The van der Waals surface area contributed by atoms with E-state index in [0.29, 0.717) is 11.5 Å². The number of hydrogen-bond acceptors (Lipinski definition) is 4. The molecule has 0 heterocycles. The summed E-state index contributed by atoms with van der Waals surface area (Å²) in [5.74, 6) is 1.70. The first kappa shape index (κ1) is 17.7. The average Bonchev–Trinajstić information content (AvgIpc) is 2.53. The SMILES string of the molecule is COc1cc(O)cc(C/C(C)=C(\C)Cc2cc(O)cc(OC)c2)c1. The molecule has 128 valence electrons. The van der Waals surface area contributed by atoms with Crippen LogP contribution in [-0.2, 0) is 12.8 Å². The van der Waals surface area contributed by atoms with Gasteiger partial charge in [-0.1, -0.05) is 11.1 Å². The lowest BCUT2D eigenvalue weighted by atomic mass is 9.97. The third-order valence-electron chi connectivity index (χ3n) is 4.04. The fourth-order valence-electron chi connectivity index (χ4n) is 2.64. The topological polar surface area (TPSA) is 58.9 Å². The molecule has 0 aliphatic carbocycles. The number of ether oxygens (including phenoxy) is 2. The molecule has 0 aliphatic heterocycles. The first-order valence-electron chi connectivity index (χ1n) is 7.80. The third kappa shape index (κ3) is 4.69. The van der Waals surface area contributed by atoms with E-state index in [1.165, 1.54) is 11.1 Å². The Bertz CT molecular complexity index is 684. The van der Waals surface area contributed by atoms with E-state index in [2.05, 4.69) is 13.8 Å². The predicted molar refractivity (Wildman–Crippen MR) is 95.1 cm³/mol. The lowest BCUT2D eigenvalue weighted by Crippen LogP contribution is -1.96. The van der Waals surface area contributed by atoms with Crippen LogP contribution in [0.2, 0.25) is 0 Å². The lowest BCUT2D eigenvalue weighted by molar-refractivity contribution is 0.406. The van der Waals surface area contributed by atoms with Gasteiger partial charge in [0.15, 0.2) is 0 Å². The van der Waals surface area contributed by atoms with E-state index >= 15 is 0 Å². The van der Waals surface area contributed by atoms with E-state index in [4.69, 9.17) is 9.47 Å². The molecule has 0 spiro atoms. The molecule has 0 fully saturated rings. The quantitative estimate of drug-likeness (QED) is 0.779. The van der Waals surface area contributed by atoms with Gasteiger partial charge in [-0.2, -0.15) is 0 Å². The summed E-state index contributed by atoms with van der Waals surface area (Å²) in [4.78, 5) is 0. The van der Waals surface area contributed by atoms with Crippen LogP contribution in [0, 0.1) is 0 Å². The van der Waals surface area contributed by atoms with Gasteiger partial charge in [0, 0.05) is 12.1 Å². The third-order valence-corrected chi connectivity index (χ3v) is 4.04. The molecule has 0 radical (unpaired) electrons. The Morgan fingerprint density at radius 1 is 0.708 bits per heavy atom. The molecule has 0 amide bonds. The summed E-state index contributed by atoms with van der Waals surface area (Å²) in [6, 6.07) is 10.5. The number of rotatable bonds is 6. The van der Waals surface area contributed by atoms with Crippen LogP contribution in [0.25, 0.3) is 0 Å². The molecular formula is C20H24O4. The van der Waals surface area contributed by atoms with E-state index < -0.39 is 0 Å². The zero-order chi connectivity index (χ0) is 17.7. The van der Waals surface area contributed by atoms with Gasteiger partial charge in [0.1, 0.15) is 23.0 Å². The van der Waals surface area contributed by atoms with Crippen LogP contribution in [-0.4, -0.2) is 24.4 Å². The number of allylic oxidation sites excluding steroid dienone is 2. The summed E-state index contributed by atoms with van der Waals surface area (Å²) in [6.07, 6.45) is 1.46. The second kappa shape index (κ2) is 7.77. The maximum absolute atomic E-state index is 9.76. The van der Waals surface area contributed by atoms with Crippen LogP contribution in [0.4, 0.5) is 0 Å². The van der Waals surface area contributed by atoms with Gasteiger partial charge in [0.2, 0.25) is 0 Å². The predicted octanol–water partition coefficient (Wildman–Crippen LogP) is 4.24. The fourth-order valence-corrected chi connectivity index (χ4v) is 2.64. The van der Waals surface area contributed by atoms with Crippen molar-refractivity contribution < 1.29 is 19.7 Å². The molecule has 2 aromatic carbocycles. The summed E-state index contributed by atoms with van der Waals surface area (Å²) in [5, 5.41) is 19.5. The Morgan fingerprint density at radius 2 is 1.08 bits per heavy atom. The number of aromatic hydroxyl groups is 2. The highest BCUT2D eigenvalue weighted by Gasteiger charge is 2.06. The van der Waals surface area contributed by atoms with Gasteiger partial charge in [-0.05, 0) is 62.1 Å². The minimum absolute atomic E-state index is 0.201. The van der Waals surface area contributed by atoms with E-state index in [1.807, 2.05) is 12.1 Å². The normalized spacial score (nSPS) is 11.8. The van der Waals surface area contributed by atoms with Gasteiger partial charge in [0.05, 0.1) is 14.2 Å². The lowest BCUT2D eigenvalue weighted by Gasteiger charge is -2.11. The van der Waals surface area contributed by atoms with Crippen LogP contribution >= 0.6 is 0 Å². The summed E-state index contributed by atoms with van der Waals surface area (Å²) in [7, 11) is 3.17.